The number of carbonyl (C=O) groups is 2. The van der Waals surface area contributed by atoms with Crippen LogP contribution in [0.1, 0.15) is 55.0 Å². The minimum absolute atomic E-state index is 0.135. The molecule has 2 atom stereocenters. The fourth-order valence-corrected chi connectivity index (χ4v) is 4.30. The number of anilines is 1. The second-order valence-corrected chi connectivity index (χ2v) is 8.92. The van der Waals surface area contributed by atoms with Crippen molar-refractivity contribution >= 4 is 17.8 Å². The van der Waals surface area contributed by atoms with Gasteiger partial charge < -0.3 is 30.8 Å². The number of aliphatic hydroxyl groups is 1. The average molecular weight is 496 g/mol. The second-order valence-electron chi connectivity index (χ2n) is 8.92. The number of nitrogen functional groups attached to an aromatic ring is 1. The summed E-state index contributed by atoms with van der Waals surface area (Å²) in [5, 5.41) is 28.8. The van der Waals surface area contributed by atoms with Gasteiger partial charge in [0.25, 0.3) is 0 Å². The van der Waals surface area contributed by atoms with E-state index in [1.54, 1.807) is 66.9 Å². The van der Waals surface area contributed by atoms with Gasteiger partial charge in [-0.05, 0) is 24.0 Å². The van der Waals surface area contributed by atoms with Crippen molar-refractivity contribution in [2.45, 2.75) is 62.8 Å². The van der Waals surface area contributed by atoms with Crippen molar-refractivity contribution in [1.29, 1.82) is 0 Å². The number of benzene rings is 2. The Balaban J connectivity index is 0.000000249. The Morgan fingerprint density at radius 1 is 1.00 bits per heavy atom. The van der Waals surface area contributed by atoms with Gasteiger partial charge in [0.15, 0.2) is 6.10 Å². The molecule has 0 radical (unpaired) electrons. The summed E-state index contributed by atoms with van der Waals surface area (Å²) in [6.45, 7) is -0.135. The Kier molecular flexibility index (Phi) is 9.61. The molecular formula is C27H33N3O6. The average Bonchev–Trinajstić information content (AvgIpc) is 3.34. The summed E-state index contributed by atoms with van der Waals surface area (Å²) in [4.78, 5) is 30.5. The normalized spacial score (nSPS) is 16.2. The van der Waals surface area contributed by atoms with Gasteiger partial charge in [0.1, 0.15) is 11.6 Å². The number of carboxylic acid groups (broad SMARTS) is 2. The lowest BCUT2D eigenvalue weighted by atomic mass is 9.88. The van der Waals surface area contributed by atoms with E-state index in [0.29, 0.717) is 22.9 Å². The molecule has 0 unspecified atom stereocenters. The number of aliphatic hydroxyl groups excluding tert-OH is 1. The number of nitrogens with one attached hydrogen (secondary N) is 1. The molecule has 0 saturated heterocycles. The summed E-state index contributed by atoms with van der Waals surface area (Å²) in [5.41, 5.74) is 4.48. The highest BCUT2D eigenvalue weighted by molar-refractivity contribution is 5.87. The van der Waals surface area contributed by atoms with Crippen LogP contribution >= 0.6 is 0 Å². The summed E-state index contributed by atoms with van der Waals surface area (Å²) in [5.74, 6) is -0.836. The third-order valence-electron chi connectivity index (χ3n) is 6.30. The van der Waals surface area contributed by atoms with Crippen LogP contribution in [0, 0.1) is 0 Å². The maximum absolute atomic E-state index is 11.8. The summed E-state index contributed by atoms with van der Waals surface area (Å²) in [7, 11) is 0. The topological polar surface area (TPSA) is 159 Å². The van der Waals surface area contributed by atoms with E-state index in [0.717, 1.165) is 5.82 Å². The molecule has 1 aliphatic rings. The van der Waals surface area contributed by atoms with E-state index in [-0.39, 0.29) is 13.0 Å². The molecule has 192 valence electrons. The van der Waals surface area contributed by atoms with Gasteiger partial charge in [-0.15, -0.1) is 0 Å². The van der Waals surface area contributed by atoms with E-state index in [9.17, 15) is 19.8 Å². The zero-order valence-electron chi connectivity index (χ0n) is 20.0. The van der Waals surface area contributed by atoms with E-state index >= 15 is 0 Å². The fraction of sp³-hybridized carbons (Fsp3) is 0.370. The number of hydrogen-bond donors (Lipinski definition) is 5. The molecular weight excluding hydrogens is 462 g/mol. The molecule has 0 spiro atoms. The molecule has 0 amide bonds. The molecule has 1 fully saturated rings. The lowest BCUT2D eigenvalue weighted by molar-refractivity contribution is -0.195. The Bertz CT molecular complexity index is 1100. The van der Waals surface area contributed by atoms with Crippen LogP contribution < -0.4 is 5.73 Å². The summed E-state index contributed by atoms with van der Waals surface area (Å²) >= 11 is 0. The van der Waals surface area contributed by atoms with E-state index < -0.39 is 23.6 Å². The number of nitrogens with zero attached hydrogens (tertiary/aromatic N) is 1. The molecule has 36 heavy (non-hydrogen) atoms. The van der Waals surface area contributed by atoms with Crippen LogP contribution in [-0.2, 0) is 27.4 Å². The first-order valence-corrected chi connectivity index (χ1v) is 12.0. The molecule has 6 N–H and O–H groups in total. The van der Waals surface area contributed by atoms with Crippen LogP contribution in [0.25, 0.3) is 0 Å². The summed E-state index contributed by atoms with van der Waals surface area (Å²) in [6, 6.07) is 17.2. The first-order chi connectivity index (χ1) is 17.3. The number of rotatable bonds is 9. The fourth-order valence-electron chi connectivity index (χ4n) is 4.30. The number of aromatic amines is 1. The van der Waals surface area contributed by atoms with Gasteiger partial charge in [0.2, 0.25) is 5.60 Å². The molecule has 9 nitrogen and oxygen atoms in total. The summed E-state index contributed by atoms with van der Waals surface area (Å²) < 4.78 is 5.47. The van der Waals surface area contributed by atoms with Gasteiger partial charge in [-0.25, -0.2) is 14.6 Å². The van der Waals surface area contributed by atoms with Gasteiger partial charge in [-0.3, -0.25) is 0 Å². The molecule has 4 rings (SSSR count). The second kappa shape index (κ2) is 12.9. The first-order valence-electron chi connectivity index (χ1n) is 12.0. The maximum Gasteiger partial charge on any atom is 0.339 e. The largest absolute Gasteiger partial charge is 0.479 e. The Morgan fingerprint density at radius 2 is 1.58 bits per heavy atom. The van der Waals surface area contributed by atoms with Gasteiger partial charge in [0, 0.05) is 18.5 Å². The van der Waals surface area contributed by atoms with Gasteiger partial charge in [0.05, 0.1) is 6.61 Å². The lowest BCUT2D eigenvalue weighted by Crippen LogP contribution is -2.56. The van der Waals surface area contributed by atoms with E-state index in [2.05, 4.69) is 9.97 Å². The number of carboxylic acids is 2. The van der Waals surface area contributed by atoms with Crippen LogP contribution in [-0.4, -0.2) is 48.9 Å². The quantitative estimate of drug-likeness (QED) is 0.300. The van der Waals surface area contributed by atoms with E-state index in [1.807, 2.05) is 0 Å². The number of hydrogen-bond acceptors (Lipinski definition) is 6. The zero-order chi connectivity index (χ0) is 26.0. The van der Waals surface area contributed by atoms with Crippen molar-refractivity contribution in [3.8, 4) is 0 Å². The first kappa shape index (κ1) is 26.9. The molecule has 2 aromatic carbocycles. The molecule has 1 heterocycles. The molecule has 1 aliphatic carbocycles. The van der Waals surface area contributed by atoms with Crippen LogP contribution in [0.15, 0.2) is 66.9 Å². The highest BCUT2D eigenvalue weighted by Gasteiger charge is 2.50. The standard InChI is InChI=1S/C18H18O6.C9H15N3/c19-15(16(20)21)18(17(22)23,11-13-7-3-1-4-8-13)24-12-14-9-5-2-6-10-14;10-8-6-11-9(12-8)7-4-2-1-3-5-7/h1-10,15,19H,11-12H2,(H,20,21)(H,22,23);6-7H,1-5,10H2,(H,11,12)/t15-,18+;/m1./s1. The number of aromatic nitrogens is 2. The monoisotopic (exact) mass is 495 g/mol. The van der Waals surface area contributed by atoms with Gasteiger partial charge in [-0.1, -0.05) is 79.9 Å². The summed E-state index contributed by atoms with van der Waals surface area (Å²) in [6.07, 6.45) is 5.90. The van der Waals surface area contributed by atoms with Crippen LogP contribution in [0.3, 0.4) is 0 Å². The molecule has 3 aromatic rings. The lowest BCUT2D eigenvalue weighted by Gasteiger charge is -2.32. The van der Waals surface area contributed by atoms with Gasteiger partial charge >= 0.3 is 11.9 Å². The Morgan fingerprint density at radius 3 is 2.08 bits per heavy atom. The SMILES string of the molecule is Nc1c[nH]c(C2CCCCC2)n1.O=C(O)[C@@H](O)[C@](Cc1ccccc1)(OCc1ccccc1)C(=O)O. The molecule has 9 heteroatoms. The molecule has 0 aliphatic heterocycles. The van der Waals surface area contributed by atoms with Crippen molar-refractivity contribution in [2.24, 2.45) is 0 Å². The number of ether oxygens (including phenoxy) is 1. The van der Waals surface area contributed by atoms with Crippen molar-refractivity contribution in [2.75, 3.05) is 5.73 Å². The highest BCUT2D eigenvalue weighted by Crippen LogP contribution is 2.31. The maximum atomic E-state index is 11.8. The van der Waals surface area contributed by atoms with E-state index in [4.69, 9.17) is 15.6 Å². The Labute approximate surface area is 210 Å². The molecule has 0 bridgehead atoms. The third kappa shape index (κ3) is 7.16. The number of H-pyrrole nitrogens is 1. The zero-order valence-corrected chi connectivity index (χ0v) is 20.0. The number of aliphatic carboxylic acids is 2. The number of nitrogens with two attached hydrogens (primary N) is 1. The van der Waals surface area contributed by atoms with E-state index in [1.165, 1.54) is 32.1 Å². The third-order valence-corrected chi connectivity index (χ3v) is 6.30. The van der Waals surface area contributed by atoms with Crippen molar-refractivity contribution < 1.29 is 29.6 Å². The smallest absolute Gasteiger partial charge is 0.339 e. The van der Waals surface area contributed by atoms with Gasteiger partial charge in [-0.2, -0.15) is 0 Å². The van der Waals surface area contributed by atoms with Crippen LogP contribution in [0.2, 0.25) is 0 Å². The van der Waals surface area contributed by atoms with Crippen LogP contribution in [0.5, 0.6) is 0 Å². The predicted molar refractivity (Wildman–Crippen MR) is 134 cm³/mol. The predicted octanol–water partition coefficient (Wildman–Crippen LogP) is 3.75. The van der Waals surface area contributed by atoms with Crippen molar-refractivity contribution in [3.05, 3.63) is 83.8 Å². The molecule has 1 aromatic heterocycles. The van der Waals surface area contributed by atoms with Crippen molar-refractivity contribution in [1.82, 2.24) is 9.97 Å². The molecule has 1 saturated carbocycles. The minimum Gasteiger partial charge on any atom is -0.479 e. The minimum atomic E-state index is -2.29. The Hall–Kier alpha value is -3.69. The highest BCUT2D eigenvalue weighted by atomic mass is 16.5. The number of imidazole rings is 1. The van der Waals surface area contributed by atoms with Crippen LogP contribution in [0.4, 0.5) is 5.82 Å². The van der Waals surface area contributed by atoms with Crippen molar-refractivity contribution in [3.63, 3.8) is 0 Å².